The van der Waals surface area contributed by atoms with E-state index in [1.165, 1.54) is 5.56 Å². The van der Waals surface area contributed by atoms with Crippen molar-refractivity contribution < 1.29 is 9.47 Å². The molecule has 5 nitrogen and oxygen atoms in total. The van der Waals surface area contributed by atoms with Crippen LogP contribution in [0.3, 0.4) is 0 Å². The summed E-state index contributed by atoms with van der Waals surface area (Å²) in [6.07, 6.45) is 3.00. The van der Waals surface area contributed by atoms with E-state index < -0.39 is 0 Å². The summed E-state index contributed by atoms with van der Waals surface area (Å²) in [5.74, 6) is 2.16. The van der Waals surface area contributed by atoms with E-state index in [0.717, 1.165) is 49.9 Å². The number of nitrogens with zero attached hydrogens (tertiary/aromatic N) is 3. The van der Waals surface area contributed by atoms with E-state index in [2.05, 4.69) is 40.8 Å². The quantitative estimate of drug-likeness (QED) is 0.808. The van der Waals surface area contributed by atoms with Crippen LogP contribution in [0.2, 0.25) is 0 Å². The van der Waals surface area contributed by atoms with Crippen molar-refractivity contribution >= 4 is 0 Å². The minimum atomic E-state index is 0.216. The molecule has 1 fully saturated rings. The lowest BCUT2D eigenvalue weighted by Crippen LogP contribution is -2.43. The number of benzene rings is 1. The highest BCUT2D eigenvalue weighted by Gasteiger charge is 2.21. The zero-order valence-electron chi connectivity index (χ0n) is 15.3. The average molecular weight is 341 g/mol. The van der Waals surface area contributed by atoms with Gasteiger partial charge in [0.15, 0.2) is 0 Å². The van der Waals surface area contributed by atoms with Crippen LogP contribution in [0.1, 0.15) is 36.8 Å². The van der Waals surface area contributed by atoms with Crippen molar-refractivity contribution in [3.05, 3.63) is 53.6 Å². The highest BCUT2D eigenvalue weighted by molar-refractivity contribution is 5.27. The maximum Gasteiger partial charge on any atom is 0.131 e. The number of aromatic nitrogens is 2. The summed E-state index contributed by atoms with van der Waals surface area (Å²) in [7, 11) is 1.69. The van der Waals surface area contributed by atoms with Gasteiger partial charge in [0.2, 0.25) is 0 Å². The van der Waals surface area contributed by atoms with E-state index in [-0.39, 0.29) is 6.10 Å². The largest absolute Gasteiger partial charge is 0.497 e. The van der Waals surface area contributed by atoms with Crippen LogP contribution in [0.5, 0.6) is 5.75 Å². The highest BCUT2D eigenvalue weighted by atomic mass is 16.5. The second-order valence-electron chi connectivity index (χ2n) is 6.84. The molecular weight excluding hydrogens is 314 g/mol. The first-order chi connectivity index (χ1) is 12.1. The molecule has 1 aromatic heterocycles. The molecule has 5 heteroatoms. The Morgan fingerprint density at radius 1 is 1.24 bits per heavy atom. The summed E-state index contributed by atoms with van der Waals surface area (Å²) in [6, 6.07) is 10.2. The number of hydrogen-bond acceptors (Lipinski definition) is 5. The lowest BCUT2D eigenvalue weighted by atomic mass is 10.1. The van der Waals surface area contributed by atoms with Gasteiger partial charge in [0, 0.05) is 31.7 Å². The van der Waals surface area contributed by atoms with Crippen LogP contribution in [0, 0.1) is 0 Å². The number of morpholine rings is 1. The third-order valence-corrected chi connectivity index (χ3v) is 4.48. The van der Waals surface area contributed by atoms with Crippen molar-refractivity contribution in [1.29, 1.82) is 0 Å². The topological polar surface area (TPSA) is 47.5 Å². The standard InChI is InChI=1S/C20H27N3O2/c1-15(2)20-21-9-8-17(22-20)13-23-10-11-25-19(14-23)12-16-4-6-18(24-3)7-5-16/h4-9,15,19H,10-14H2,1-3H3/t19-/m0/s1. The molecule has 1 aromatic carbocycles. The van der Waals surface area contributed by atoms with Gasteiger partial charge in [-0.25, -0.2) is 9.97 Å². The fourth-order valence-electron chi connectivity index (χ4n) is 3.08. The summed E-state index contributed by atoms with van der Waals surface area (Å²) >= 11 is 0. The Balaban J connectivity index is 1.58. The summed E-state index contributed by atoms with van der Waals surface area (Å²) in [4.78, 5) is 11.5. The average Bonchev–Trinajstić information content (AvgIpc) is 2.63. The van der Waals surface area contributed by atoms with E-state index in [4.69, 9.17) is 9.47 Å². The Kier molecular flexibility index (Phi) is 6.00. The molecule has 0 spiro atoms. The SMILES string of the molecule is COc1ccc(C[C@H]2CN(Cc3ccnc(C(C)C)n3)CCO2)cc1. The predicted octanol–water partition coefficient (Wildman–Crippen LogP) is 3.05. The van der Waals surface area contributed by atoms with Crippen molar-refractivity contribution in [1.82, 2.24) is 14.9 Å². The van der Waals surface area contributed by atoms with Crippen LogP contribution in [-0.2, 0) is 17.7 Å². The monoisotopic (exact) mass is 341 g/mol. The zero-order chi connectivity index (χ0) is 17.6. The van der Waals surface area contributed by atoms with Crippen molar-refractivity contribution in [2.45, 2.75) is 38.8 Å². The Hall–Kier alpha value is -1.98. The molecule has 1 aliphatic rings. The molecule has 0 radical (unpaired) electrons. The van der Waals surface area contributed by atoms with Crippen LogP contribution < -0.4 is 4.74 Å². The summed E-state index contributed by atoms with van der Waals surface area (Å²) in [6.45, 7) is 7.73. The van der Waals surface area contributed by atoms with E-state index in [0.29, 0.717) is 5.92 Å². The van der Waals surface area contributed by atoms with Crippen LogP contribution in [0.4, 0.5) is 0 Å². The summed E-state index contributed by atoms with van der Waals surface area (Å²) in [5, 5.41) is 0. The minimum absolute atomic E-state index is 0.216. The van der Waals surface area contributed by atoms with Crippen LogP contribution in [0.15, 0.2) is 36.5 Å². The van der Waals surface area contributed by atoms with Crippen molar-refractivity contribution in [2.75, 3.05) is 26.8 Å². The van der Waals surface area contributed by atoms with Crippen LogP contribution in [0.25, 0.3) is 0 Å². The molecule has 2 heterocycles. The first-order valence-electron chi connectivity index (χ1n) is 8.92. The molecular formula is C20H27N3O2. The molecule has 1 atom stereocenters. The molecule has 1 aliphatic heterocycles. The lowest BCUT2D eigenvalue weighted by molar-refractivity contribution is -0.0308. The third-order valence-electron chi connectivity index (χ3n) is 4.48. The van der Waals surface area contributed by atoms with E-state index in [1.807, 2.05) is 24.4 Å². The molecule has 1 saturated heterocycles. The molecule has 0 amide bonds. The van der Waals surface area contributed by atoms with E-state index in [1.54, 1.807) is 7.11 Å². The molecule has 3 rings (SSSR count). The first kappa shape index (κ1) is 17.8. The maximum absolute atomic E-state index is 5.96. The van der Waals surface area contributed by atoms with Gasteiger partial charge in [0.25, 0.3) is 0 Å². The van der Waals surface area contributed by atoms with Crippen LogP contribution in [-0.4, -0.2) is 47.8 Å². The number of methoxy groups -OCH3 is 1. The van der Waals surface area contributed by atoms with Crippen molar-refractivity contribution in [3.8, 4) is 5.75 Å². The molecule has 0 N–H and O–H groups in total. The summed E-state index contributed by atoms with van der Waals surface area (Å²) < 4.78 is 11.2. The van der Waals surface area contributed by atoms with Gasteiger partial charge in [-0.05, 0) is 30.2 Å². The summed E-state index contributed by atoms with van der Waals surface area (Å²) in [5.41, 5.74) is 2.36. The van der Waals surface area contributed by atoms with E-state index in [9.17, 15) is 0 Å². The molecule has 25 heavy (non-hydrogen) atoms. The second kappa shape index (κ2) is 8.41. The fourth-order valence-corrected chi connectivity index (χ4v) is 3.08. The molecule has 134 valence electrons. The Bertz CT molecular complexity index is 673. The Morgan fingerprint density at radius 2 is 2.04 bits per heavy atom. The van der Waals surface area contributed by atoms with Gasteiger partial charge >= 0.3 is 0 Å². The predicted molar refractivity (Wildman–Crippen MR) is 97.8 cm³/mol. The third kappa shape index (κ3) is 5.00. The van der Waals surface area contributed by atoms with Gasteiger partial charge in [-0.2, -0.15) is 0 Å². The van der Waals surface area contributed by atoms with Gasteiger partial charge in [-0.3, -0.25) is 4.90 Å². The molecule has 0 saturated carbocycles. The number of ether oxygens (including phenoxy) is 2. The Labute approximate surface area is 150 Å². The lowest BCUT2D eigenvalue weighted by Gasteiger charge is -2.32. The molecule has 0 aliphatic carbocycles. The Morgan fingerprint density at radius 3 is 2.76 bits per heavy atom. The smallest absolute Gasteiger partial charge is 0.131 e. The van der Waals surface area contributed by atoms with Crippen molar-refractivity contribution in [3.63, 3.8) is 0 Å². The maximum atomic E-state index is 5.96. The fraction of sp³-hybridized carbons (Fsp3) is 0.500. The van der Waals surface area contributed by atoms with Gasteiger partial charge in [0.1, 0.15) is 11.6 Å². The van der Waals surface area contributed by atoms with Gasteiger partial charge in [0.05, 0.1) is 25.5 Å². The van der Waals surface area contributed by atoms with Crippen LogP contribution >= 0.6 is 0 Å². The normalized spacial score (nSPS) is 18.5. The van der Waals surface area contributed by atoms with Crippen molar-refractivity contribution in [2.24, 2.45) is 0 Å². The molecule has 0 unspecified atom stereocenters. The second-order valence-corrected chi connectivity index (χ2v) is 6.84. The van der Waals surface area contributed by atoms with Gasteiger partial charge in [-0.1, -0.05) is 26.0 Å². The number of hydrogen-bond donors (Lipinski definition) is 0. The van der Waals surface area contributed by atoms with Gasteiger partial charge in [-0.15, -0.1) is 0 Å². The van der Waals surface area contributed by atoms with Gasteiger partial charge < -0.3 is 9.47 Å². The van der Waals surface area contributed by atoms with E-state index >= 15 is 0 Å². The number of rotatable bonds is 6. The molecule has 2 aromatic rings. The first-order valence-corrected chi connectivity index (χ1v) is 8.92. The zero-order valence-corrected chi connectivity index (χ0v) is 15.3. The molecule has 0 bridgehead atoms. The highest BCUT2D eigenvalue weighted by Crippen LogP contribution is 2.17. The minimum Gasteiger partial charge on any atom is -0.497 e.